The van der Waals surface area contributed by atoms with Crippen molar-refractivity contribution in [3.8, 4) is 0 Å². The van der Waals surface area contributed by atoms with Crippen LogP contribution < -0.4 is 10.6 Å². The highest BCUT2D eigenvalue weighted by atomic mass is 16.2. The van der Waals surface area contributed by atoms with E-state index in [0.717, 1.165) is 37.8 Å². The van der Waals surface area contributed by atoms with Crippen molar-refractivity contribution in [2.75, 3.05) is 6.54 Å². The molecule has 0 spiro atoms. The molecule has 0 bridgehead atoms. The van der Waals surface area contributed by atoms with E-state index in [1.54, 1.807) is 0 Å². The number of hydrogen-bond donors (Lipinski definition) is 3. The fraction of sp³-hybridized carbons (Fsp3) is 0.615. The molecule has 0 saturated carbocycles. The maximum absolute atomic E-state index is 12.3. The summed E-state index contributed by atoms with van der Waals surface area (Å²) in [6, 6.07) is 1.98. The van der Waals surface area contributed by atoms with Crippen LogP contribution >= 0.6 is 0 Å². The lowest BCUT2D eigenvalue weighted by atomic mass is 9.91. The van der Waals surface area contributed by atoms with Crippen LogP contribution in [0, 0.1) is 0 Å². The molecular formula is C13H21N3O. The zero-order valence-electron chi connectivity index (χ0n) is 10.4. The van der Waals surface area contributed by atoms with Crippen molar-refractivity contribution in [2.45, 2.75) is 44.7 Å². The summed E-state index contributed by atoms with van der Waals surface area (Å²) in [6.45, 7) is 3.69. The molecule has 1 saturated heterocycles. The van der Waals surface area contributed by atoms with Crippen molar-refractivity contribution >= 4 is 5.91 Å². The van der Waals surface area contributed by atoms with Gasteiger partial charge in [-0.1, -0.05) is 13.3 Å². The molecule has 1 fully saturated rings. The predicted molar refractivity (Wildman–Crippen MR) is 67.5 cm³/mol. The van der Waals surface area contributed by atoms with Crippen molar-refractivity contribution < 1.29 is 4.79 Å². The molecule has 3 N–H and O–H groups in total. The Labute approximate surface area is 102 Å². The molecule has 1 aromatic rings. The minimum atomic E-state index is -0.314. The van der Waals surface area contributed by atoms with Crippen molar-refractivity contribution in [1.82, 2.24) is 15.6 Å². The van der Waals surface area contributed by atoms with Crippen molar-refractivity contribution in [3.05, 3.63) is 24.0 Å². The highest BCUT2D eigenvalue weighted by Crippen LogP contribution is 2.24. The summed E-state index contributed by atoms with van der Waals surface area (Å²) >= 11 is 0. The zero-order chi connectivity index (χ0) is 12.1. The van der Waals surface area contributed by atoms with Gasteiger partial charge >= 0.3 is 0 Å². The van der Waals surface area contributed by atoms with Gasteiger partial charge in [-0.2, -0.15) is 0 Å². The SMILES string of the molecule is CCCC1(C(=O)NCc2cc[nH]c2)CCCN1. The Kier molecular flexibility index (Phi) is 3.84. The van der Waals surface area contributed by atoms with E-state index >= 15 is 0 Å². The summed E-state index contributed by atoms with van der Waals surface area (Å²) in [4.78, 5) is 15.3. The Balaban J connectivity index is 1.92. The second kappa shape index (κ2) is 5.36. The van der Waals surface area contributed by atoms with Gasteiger partial charge in [0.25, 0.3) is 0 Å². The number of hydrogen-bond acceptors (Lipinski definition) is 2. The molecule has 1 amide bonds. The third kappa shape index (κ3) is 2.69. The molecule has 1 aliphatic rings. The van der Waals surface area contributed by atoms with E-state index < -0.39 is 0 Å². The Bertz CT molecular complexity index is 353. The molecule has 0 aliphatic carbocycles. The van der Waals surface area contributed by atoms with E-state index in [1.807, 2.05) is 18.5 Å². The van der Waals surface area contributed by atoms with Gasteiger partial charge in [-0.3, -0.25) is 4.79 Å². The van der Waals surface area contributed by atoms with Crippen LogP contribution in [0.4, 0.5) is 0 Å². The number of amides is 1. The summed E-state index contributed by atoms with van der Waals surface area (Å²) in [6.07, 6.45) is 7.79. The Morgan fingerprint density at radius 2 is 2.47 bits per heavy atom. The fourth-order valence-corrected chi connectivity index (χ4v) is 2.57. The monoisotopic (exact) mass is 235 g/mol. The molecule has 94 valence electrons. The Morgan fingerprint density at radius 1 is 1.59 bits per heavy atom. The number of carbonyl (C=O) groups excluding carboxylic acids is 1. The number of aromatic nitrogens is 1. The second-order valence-corrected chi connectivity index (χ2v) is 4.76. The highest BCUT2D eigenvalue weighted by Gasteiger charge is 2.39. The average molecular weight is 235 g/mol. The van der Waals surface area contributed by atoms with Crippen LogP contribution in [0.2, 0.25) is 0 Å². The van der Waals surface area contributed by atoms with Gasteiger partial charge in [0.2, 0.25) is 5.91 Å². The first-order valence-corrected chi connectivity index (χ1v) is 6.42. The topological polar surface area (TPSA) is 56.9 Å². The lowest BCUT2D eigenvalue weighted by molar-refractivity contribution is -0.127. The third-order valence-electron chi connectivity index (χ3n) is 3.47. The van der Waals surface area contributed by atoms with Gasteiger partial charge in [-0.05, 0) is 37.4 Å². The summed E-state index contributed by atoms with van der Waals surface area (Å²) < 4.78 is 0. The lowest BCUT2D eigenvalue weighted by Gasteiger charge is -2.27. The number of carbonyl (C=O) groups is 1. The van der Waals surface area contributed by atoms with Crippen LogP contribution in [0.25, 0.3) is 0 Å². The van der Waals surface area contributed by atoms with Gasteiger partial charge in [-0.25, -0.2) is 0 Å². The first-order chi connectivity index (χ1) is 8.27. The fourth-order valence-electron chi connectivity index (χ4n) is 2.57. The highest BCUT2D eigenvalue weighted by molar-refractivity contribution is 5.86. The number of rotatable bonds is 5. The van der Waals surface area contributed by atoms with E-state index in [2.05, 4.69) is 22.5 Å². The molecule has 1 aromatic heterocycles. The summed E-state index contributed by atoms with van der Waals surface area (Å²) in [7, 11) is 0. The molecule has 1 atom stereocenters. The minimum Gasteiger partial charge on any atom is -0.367 e. The molecule has 17 heavy (non-hydrogen) atoms. The minimum absolute atomic E-state index is 0.151. The van der Waals surface area contributed by atoms with Crippen molar-refractivity contribution in [1.29, 1.82) is 0 Å². The van der Waals surface area contributed by atoms with Crippen LogP contribution in [0.1, 0.15) is 38.2 Å². The number of H-pyrrole nitrogens is 1. The molecule has 4 nitrogen and oxygen atoms in total. The molecule has 1 unspecified atom stereocenters. The van der Waals surface area contributed by atoms with Crippen molar-refractivity contribution in [2.24, 2.45) is 0 Å². The van der Waals surface area contributed by atoms with Crippen molar-refractivity contribution in [3.63, 3.8) is 0 Å². The number of nitrogens with one attached hydrogen (secondary N) is 3. The van der Waals surface area contributed by atoms with Crippen LogP contribution in [0.5, 0.6) is 0 Å². The quantitative estimate of drug-likeness (QED) is 0.725. The lowest BCUT2D eigenvalue weighted by Crippen LogP contribution is -2.53. The predicted octanol–water partition coefficient (Wildman–Crippen LogP) is 1.55. The van der Waals surface area contributed by atoms with Gasteiger partial charge in [0.15, 0.2) is 0 Å². The molecule has 0 aromatic carbocycles. The van der Waals surface area contributed by atoms with Crippen LogP contribution in [0.15, 0.2) is 18.5 Å². The number of aromatic amines is 1. The zero-order valence-corrected chi connectivity index (χ0v) is 10.4. The molecule has 2 heterocycles. The first kappa shape index (κ1) is 12.2. The summed E-state index contributed by atoms with van der Waals surface area (Å²) in [5.41, 5.74) is 0.799. The second-order valence-electron chi connectivity index (χ2n) is 4.76. The summed E-state index contributed by atoms with van der Waals surface area (Å²) in [5.74, 6) is 0.151. The van der Waals surface area contributed by atoms with E-state index in [9.17, 15) is 4.79 Å². The third-order valence-corrected chi connectivity index (χ3v) is 3.47. The molecular weight excluding hydrogens is 214 g/mol. The van der Waals surface area contributed by atoms with Gasteiger partial charge in [0, 0.05) is 18.9 Å². The van der Waals surface area contributed by atoms with E-state index in [-0.39, 0.29) is 11.4 Å². The van der Waals surface area contributed by atoms with Crippen LogP contribution in [-0.2, 0) is 11.3 Å². The molecule has 1 aliphatic heterocycles. The van der Waals surface area contributed by atoms with Gasteiger partial charge < -0.3 is 15.6 Å². The summed E-state index contributed by atoms with van der Waals surface area (Å²) in [5, 5.41) is 6.41. The maximum Gasteiger partial charge on any atom is 0.240 e. The van der Waals surface area contributed by atoms with Crippen LogP contribution in [-0.4, -0.2) is 23.0 Å². The normalized spacial score (nSPS) is 23.8. The van der Waals surface area contributed by atoms with E-state index in [0.29, 0.717) is 6.54 Å². The molecule has 2 rings (SSSR count). The van der Waals surface area contributed by atoms with Gasteiger partial charge in [-0.15, -0.1) is 0 Å². The first-order valence-electron chi connectivity index (χ1n) is 6.42. The molecule has 0 radical (unpaired) electrons. The standard InChI is InChI=1S/C13H21N3O/c1-2-5-13(6-3-7-16-13)12(17)15-10-11-4-8-14-9-11/h4,8-9,14,16H,2-3,5-7,10H2,1H3,(H,15,17). The van der Waals surface area contributed by atoms with Gasteiger partial charge in [0.05, 0.1) is 5.54 Å². The largest absolute Gasteiger partial charge is 0.367 e. The average Bonchev–Trinajstić information content (AvgIpc) is 2.97. The Morgan fingerprint density at radius 3 is 3.06 bits per heavy atom. The van der Waals surface area contributed by atoms with E-state index in [1.165, 1.54) is 0 Å². The smallest absolute Gasteiger partial charge is 0.240 e. The molecule has 4 heteroatoms. The Hall–Kier alpha value is -1.29. The maximum atomic E-state index is 12.3. The van der Waals surface area contributed by atoms with E-state index in [4.69, 9.17) is 0 Å². The van der Waals surface area contributed by atoms with Gasteiger partial charge in [0.1, 0.15) is 0 Å². The van der Waals surface area contributed by atoms with Crippen LogP contribution in [0.3, 0.4) is 0 Å².